The molecule has 2 aromatic carbocycles. The highest BCUT2D eigenvalue weighted by Gasteiger charge is 2.37. The average Bonchev–Trinajstić information content (AvgIpc) is 2.50. The molecular weight excluding hydrogens is 256 g/mol. The molecule has 0 radical (unpaired) electrons. The van der Waals surface area contributed by atoms with Gasteiger partial charge in [0.1, 0.15) is 0 Å². The molecule has 0 saturated carbocycles. The summed E-state index contributed by atoms with van der Waals surface area (Å²) in [5.74, 6) is 0.246. The molecule has 0 amide bonds. The van der Waals surface area contributed by atoms with Gasteiger partial charge in [-0.25, -0.2) is 0 Å². The summed E-state index contributed by atoms with van der Waals surface area (Å²) in [7, 11) is 0. The minimum atomic E-state index is -0.415. The number of benzene rings is 2. The molecule has 110 valence electrons. The number of ketones is 1. The first-order valence-corrected chi connectivity index (χ1v) is 7.72. The molecule has 0 unspecified atom stereocenters. The van der Waals surface area contributed by atoms with E-state index in [0.717, 1.165) is 29.5 Å². The van der Waals surface area contributed by atoms with Crippen LogP contribution in [0.1, 0.15) is 53.7 Å². The number of aryl methyl sites for hydroxylation is 2. The summed E-state index contributed by atoms with van der Waals surface area (Å²) in [4.78, 5) is 13.3. The van der Waals surface area contributed by atoms with E-state index in [4.69, 9.17) is 0 Å². The fourth-order valence-electron chi connectivity index (χ4n) is 3.19. The summed E-state index contributed by atoms with van der Waals surface area (Å²) >= 11 is 0. The van der Waals surface area contributed by atoms with Crippen LogP contribution in [0, 0.1) is 13.8 Å². The second kappa shape index (κ2) is 6.26. The van der Waals surface area contributed by atoms with E-state index in [-0.39, 0.29) is 5.78 Å². The lowest BCUT2D eigenvalue weighted by atomic mass is 9.70. The van der Waals surface area contributed by atoms with Crippen molar-refractivity contribution in [1.82, 2.24) is 0 Å². The highest BCUT2D eigenvalue weighted by Crippen LogP contribution is 2.36. The van der Waals surface area contributed by atoms with Crippen LogP contribution in [-0.2, 0) is 5.41 Å². The predicted molar refractivity (Wildman–Crippen MR) is 88.9 cm³/mol. The summed E-state index contributed by atoms with van der Waals surface area (Å²) in [6, 6.07) is 16.3. The molecule has 2 rings (SSSR count). The van der Waals surface area contributed by atoms with E-state index in [2.05, 4.69) is 39.0 Å². The monoisotopic (exact) mass is 280 g/mol. The molecule has 0 N–H and O–H groups in total. The molecule has 0 heterocycles. The van der Waals surface area contributed by atoms with Gasteiger partial charge in [-0.15, -0.1) is 0 Å². The Labute approximate surface area is 128 Å². The van der Waals surface area contributed by atoms with E-state index in [9.17, 15) is 4.79 Å². The lowest BCUT2D eigenvalue weighted by Gasteiger charge is -2.31. The molecule has 21 heavy (non-hydrogen) atoms. The van der Waals surface area contributed by atoms with Crippen molar-refractivity contribution in [3.63, 3.8) is 0 Å². The van der Waals surface area contributed by atoms with Crippen molar-refractivity contribution in [3.8, 4) is 0 Å². The van der Waals surface area contributed by atoms with Crippen LogP contribution in [-0.4, -0.2) is 5.78 Å². The molecule has 2 aromatic rings. The van der Waals surface area contributed by atoms with Crippen LogP contribution in [0.5, 0.6) is 0 Å². The van der Waals surface area contributed by atoms with Gasteiger partial charge in [-0.2, -0.15) is 0 Å². The van der Waals surface area contributed by atoms with Crippen molar-refractivity contribution in [1.29, 1.82) is 0 Å². The smallest absolute Gasteiger partial charge is 0.173 e. The maximum absolute atomic E-state index is 13.3. The zero-order valence-electron chi connectivity index (χ0n) is 13.4. The van der Waals surface area contributed by atoms with Gasteiger partial charge in [0.2, 0.25) is 0 Å². The van der Waals surface area contributed by atoms with Gasteiger partial charge < -0.3 is 0 Å². The molecule has 0 aliphatic rings. The van der Waals surface area contributed by atoms with E-state index in [1.54, 1.807) is 0 Å². The summed E-state index contributed by atoms with van der Waals surface area (Å²) in [6.07, 6.45) is 1.64. The Bertz CT molecular complexity index is 622. The van der Waals surface area contributed by atoms with Gasteiger partial charge in [-0.1, -0.05) is 67.9 Å². The van der Waals surface area contributed by atoms with Crippen molar-refractivity contribution in [2.24, 2.45) is 0 Å². The van der Waals surface area contributed by atoms with E-state index in [1.165, 1.54) is 5.56 Å². The second-order valence-electron chi connectivity index (χ2n) is 5.80. The van der Waals surface area contributed by atoms with Crippen molar-refractivity contribution in [2.45, 2.75) is 46.0 Å². The number of Topliss-reactive ketones (excluding diaryl/α,β-unsaturated/α-hetero) is 1. The van der Waals surface area contributed by atoms with Crippen molar-refractivity contribution >= 4 is 5.78 Å². The molecule has 0 aromatic heterocycles. The topological polar surface area (TPSA) is 17.1 Å². The van der Waals surface area contributed by atoms with Gasteiger partial charge in [0.25, 0.3) is 0 Å². The van der Waals surface area contributed by atoms with Crippen LogP contribution < -0.4 is 0 Å². The Morgan fingerprint density at radius 2 is 1.57 bits per heavy atom. The third-order valence-corrected chi connectivity index (χ3v) is 4.59. The summed E-state index contributed by atoms with van der Waals surface area (Å²) in [5, 5.41) is 0. The molecule has 0 aliphatic carbocycles. The summed E-state index contributed by atoms with van der Waals surface area (Å²) in [6.45, 7) is 8.31. The molecule has 0 aliphatic heterocycles. The van der Waals surface area contributed by atoms with Crippen molar-refractivity contribution in [2.75, 3.05) is 0 Å². The zero-order valence-corrected chi connectivity index (χ0v) is 13.4. The molecular formula is C20H24O. The van der Waals surface area contributed by atoms with E-state index in [1.807, 2.05) is 37.3 Å². The Kier molecular flexibility index (Phi) is 4.62. The molecule has 0 atom stereocenters. The van der Waals surface area contributed by atoms with Gasteiger partial charge in [-0.05, 0) is 37.8 Å². The van der Waals surface area contributed by atoms with E-state index < -0.39 is 5.41 Å². The van der Waals surface area contributed by atoms with Crippen molar-refractivity contribution in [3.05, 3.63) is 70.8 Å². The minimum absolute atomic E-state index is 0.246. The lowest BCUT2D eigenvalue weighted by molar-refractivity contribution is 0.0872. The Balaban J connectivity index is 2.55. The normalized spacial score (nSPS) is 11.4. The van der Waals surface area contributed by atoms with Gasteiger partial charge in [0.05, 0.1) is 5.41 Å². The molecule has 0 saturated heterocycles. The summed E-state index contributed by atoms with van der Waals surface area (Å²) < 4.78 is 0. The fourth-order valence-corrected chi connectivity index (χ4v) is 3.19. The first-order chi connectivity index (χ1) is 10.0. The first-order valence-electron chi connectivity index (χ1n) is 7.72. The number of rotatable bonds is 5. The zero-order chi connectivity index (χ0) is 15.5. The van der Waals surface area contributed by atoms with Crippen LogP contribution in [0.25, 0.3) is 0 Å². The largest absolute Gasteiger partial charge is 0.293 e. The van der Waals surface area contributed by atoms with Gasteiger partial charge in [0, 0.05) is 5.56 Å². The molecule has 0 bridgehead atoms. The number of carbonyl (C=O) groups is 1. The van der Waals surface area contributed by atoms with Crippen LogP contribution in [0.2, 0.25) is 0 Å². The maximum Gasteiger partial charge on any atom is 0.173 e. The van der Waals surface area contributed by atoms with Crippen LogP contribution in [0.4, 0.5) is 0 Å². The first kappa shape index (κ1) is 15.5. The summed E-state index contributed by atoms with van der Waals surface area (Å²) in [5.41, 5.74) is 3.83. The highest BCUT2D eigenvalue weighted by molar-refractivity contribution is 6.05. The third kappa shape index (κ3) is 2.78. The van der Waals surface area contributed by atoms with Gasteiger partial charge in [0.15, 0.2) is 5.78 Å². The molecule has 0 fully saturated rings. The Hall–Kier alpha value is -1.89. The number of hydrogen-bond acceptors (Lipinski definition) is 1. The average molecular weight is 280 g/mol. The quantitative estimate of drug-likeness (QED) is 0.684. The Morgan fingerprint density at radius 3 is 2.10 bits per heavy atom. The number of hydrogen-bond donors (Lipinski definition) is 0. The Morgan fingerprint density at radius 1 is 0.952 bits per heavy atom. The second-order valence-corrected chi connectivity index (χ2v) is 5.80. The fraction of sp³-hybridized carbons (Fsp3) is 0.350. The molecule has 1 nitrogen and oxygen atoms in total. The van der Waals surface area contributed by atoms with Crippen LogP contribution in [0.15, 0.2) is 48.5 Å². The highest BCUT2D eigenvalue weighted by atomic mass is 16.1. The van der Waals surface area contributed by atoms with Crippen molar-refractivity contribution < 1.29 is 4.79 Å². The van der Waals surface area contributed by atoms with Gasteiger partial charge in [-0.3, -0.25) is 4.79 Å². The molecule has 1 heteroatoms. The van der Waals surface area contributed by atoms with Gasteiger partial charge >= 0.3 is 0 Å². The van der Waals surface area contributed by atoms with Crippen LogP contribution >= 0.6 is 0 Å². The van der Waals surface area contributed by atoms with Crippen LogP contribution in [0.3, 0.4) is 0 Å². The van der Waals surface area contributed by atoms with E-state index in [0.29, 0.717) is 0 Å². The standard InChI is InChI=1S/C20H24O/c1-5-20(6-2,17-10-8-7-9-11-17)19(21)18-13-12-15(3)14-16(18)4/h7-14H,5-6H2,1-4H3. The lowest BCUT2D eigenvalue weighted by Crippen LogP contribution is -2.35. The minimum Gasteiger partial charge on any atom is -0.293 e. The third-order valence-electron chi connectivity index (χ3n) is 4.59. The predicted octanol–water partition coefficient (Wildman–Crippen LogP) is 5.24. The number of carbonyl (C=O) groups excluding carboxylic acids is 1. The molecule has 0 spiro atoms. The van der Waals surface area contributed by atoms with E-state index >= 15 is 0 Å². The maximum atomic E-state index is 13.3. The SMILES string of the molecule is CCC(CC)(C(=O)c1ccc(C)cc1C)c1ccccc1.